The second-order valence-electron chi connectivity index (χ2n) is 10.2. The monoisotopic (exact) mass is 465 g/mol. The lowest BCUT2D eigenvalue weighted by Crippen LogP contribution is -2.50. The first-order valence-electron chi connectivity index (χ1n) is 12.5. The summed E-state index contributed by atoms with van der Waals surface area (Å²) in [5.74, 6) is 1.98. The van der Waals surface area contributed by atoms with E-state index in [4.69, 9.17) is 14.2 Å². The van der Waals surface area contributed by atoms with Crippen LogP contribution < -0.4 is 10.2 Å². The van der Waals surface area contributed by atoms with Gasteiger partial charge in [-0.2, -0.15) is 4.98 Å². The zero-order valence-corrected chi connectivity index (χ0v) is 20.1. The molecule has 1 saturated carbocycles. The van der Waals surface area contributed by atoms with Crippen LogP contribution in [-0.4, -0.2) is 53.0 Å². The van der Waals surface area contributed by atoms with E-state index in [-0.39, 0.29) is 11.9 Å². The van der Waals surface area contributed by atoms with Gasteiger partial charge in [-0.3, -0.25) is 0 Å². The van der Waals surface area contributed by atoms with Gasteiger partial charge in [0, 0.05) is 36.7 Å². The van der Waals surface area contributed by atoms with Crippen molar-refractivity contribution >= 4 is 16.7 Å². The Bertz CT molecular complexity index is 1220. The highest BCUT2D eigenvalue weighted by molar-refractivity contribution is 5.93. The predicted octanol–water partition coefficient (Wildman–Crippen LogP) is 4.65. The first-order valence-corrected chi connectivity index (χ1v) is 12.5. The minimum atomic E-state index is -0.248. The highest BCUT2D eigenvalue weighted by Gasteiger charge is 2.33. The molecule has 3 atom stereocenters. The lowest BCUT2D eigenvalue weighted by Gasteiger charge is -2.40. The number of benzene rings is 1. The molecule has 2 aliphatic heterocycles. The van der Waals surface area contributed by atoms with Gasteiger partial charge in [0.05, 0.1) is 12.2 Å². The van der Waals surface area contributed by atoms with Crippen molar-refractivity contribution in [2.75, 3.05) is 24.7 Å². The molecule has 0 spiro atoms. The number of rotatable bonds is 5. The summed E-state index contributed by atoms with van der Waals surface area (Å²) in [7, 11) is 0. The van der Waals surface area contributed by atoms with Crippen LogP contribution in [0.3, 0.4) is 0 Å². The summed E-state index contributed by atoms with van der Waals surface area (Å²) in [5, 5.41) is 8.64. The second kappa shape index (κ2) is 8.57. The fraction of sp³-hybridized carbons (Fsp3) is 0.577. The molecule has 0 bridgehead atoms. The lowest BCUT2D eigenvalue weighted by molar-refractivity contribution is 0.185. The van der Waals surface area contributed by atoms with Crippen molar-refractivity contribution in [3.05, 3.63) is 34.9 Å². The van der Waals surface area contributed by atoms with Crippen molar-refractivity contribution < 1.29 is 13.7 Å². The number of nitrogens with zero attached hydrogens (tertiary/aromatic N) is 4. The molecule has 1 N–H and O–H groups in total. The minimum Gasteiger partial charge on any atom is -0.380 e. The largest absolute Gasteiger partial charge is 0.380 e. The molecule has 1 aliphatic carbocycles. The van der Waals surface area contributed by atoms with Gasteiger partial charge >= 0.3 is 0 Å². The average molecular weight is 466 g/mol. The molecule has 3 aromatic rings. The summed E-state index contributed by atoms with van der Waals surface area (Å²) in [6.45, 7) is 8.52. The second-order valence-corrected chi connectivity index (χ2v) is 10.2. The van der Waals surface area contributed by atoms with Gasteiger partial charge in [0.25, 0.3) is 5.89 Å². The van der Waals surface area contributed by atoms with Crippen molar-refractivity contribution in [2.24, 2.45) is 0 Å². The maximum absolute atomic E-state index is 15.3. The van der Waals surface area contributed by atoms with Gasteiger partial charge in [0.2, 0.25) is 0 Å². The molecular weight excluding hydrogens is 433 g/mol. The summed E-state index contributed by atoms with van der Waals surface area (Å²) in [6, 6.07) is 4.89. The maximum atomic E-state index is 15.3. The van der Waals surface area contributed by atoms with E-state index in [0.717, 1.165) is 79.8 Å². The Morgan fingerprint density at radius 1 is 1.09 bits per heavy atom. The van der Waals surface area contributed by atoms with Crippen LogP contribution in [0.5, 0.6) is 0 Å². The number of hydrogen-bond acceptors (Lipinski definition) is 7. The first kappa shape index (κ1) is 21.9. The average Bonchev–Trinajstić information content (AvgIpc) is 3.38. The van der Waals surface area contributed by atoms with E-state index in [1.165, 1.54) is 0 Å². The zero-order chi connectivity index (χ0) is 23.4. The Kier molecular flexibility index (Phi) is 5.53. The zero-order valence-electron chi connectivity index (χ0n) is 20.1. The number of piperidine rings is 1. The van der Waals surface area contributed by atoms with Crippen LogP contribution in [0.2, 0.25) is 0 Å². The molecule has 3 aliphatic rings. The van der Waals surface area contributed by atoms with Crippen LogP contribution in [0.4, 0.5) is 10.2 Å². The Labute approximate surface area is 199 Å². The van der Waals surface area contributed by atoms with E-state index in [1.807, 2.05) is 13.8 Å². The number of aryl methyl sites for hydroxylation is 2. The summed E-state index contributed by atoms with van der Waals surface area (Å²) in [4.78, 5) is 11.8. The number of ether oxygens (including phenoxy) is 1. The number of nitrogens with one attached hydrogen (secondary N) is 1. The molecule has 1 aromatic carbocycles. The molecule has 2 aromatic heterocycles. The van der Waals surface area contributed by atoms with Crippen molar-refractivity contribution in [3.63, 3.8) is 0 Å². The van der Waals surface area contributed by atoms with Crippen molar-refractivity contribution in [1.82, 2.24) is 20.4 Å². The Balaban J connectivity index is 1.40. The predicted molar refractivity (Wildman–Crippen MR) is 129 cm³/mol. The number of aromatic nitrogens is 3. The summed E-state index contributed by atoms with van der Waals surface area (Å²) < 4.78 is 26.5. The van der Waals surface area contributed by atoms with E-state index >= 15 is 4.39 Å². The van der Waals surface area contributed by atoms with Gasteiger partial charge in [-0.15, -0.1) is 0 Å². The van der Waals surface area contributed by atoms with Crippen LogP contribution in [-0.2, 0) is 4.74 Å². The molecule has 34 heavy (non-hydrogen) atoms. The van der Waals surface area contributed by atoms with Crippen molar-refractivity contribution in [1.29, 1.82) is 0 Å². The number of halogens is 1. The van der Waals surface area contributed by atoms with E-state index in [0.29, 0.717) is 35.2 Å². The maximum Gasteiger partial charge on any atom is 0.261 e. The Hall–Kier alpha value is -2.58. The van der Waals surface area contributed by atoms with Crippen LogP contribution >= 0.6 is 0 Å². The molecule has 3 fully saturated rings. The smallest absolute Gasteiger partial charge is 0.261 e. The topological polar surface area (TPSA) is 76.3 Å². The number of hydrogen-bond donors (Lipinski definition) is 1. The molecule has 8 heteroatoms. The molecule has 7 nitrogen and oxygen atoms in total. The van der Waals surface area contributed by atoms with E-state index < -0.39 is 0 Å². The third kappa shape index (κ3) is 3.96. The fourth-order valence-corrected chi connectivity index (χ4v) is 5.64. The molecule has 4 heterocycles. The minimum absolute atomic E-state index is 0.231. The molecular formula is C26H32FN5O2. The van der Waals surface area contributed by atoms with Crippen LogP contribution in [0, 0.1) is 19.7 Å². The van der Waals surface area contributed by atoms with Crippen LogP contribution in [0.25, 0.3) is 22.4 Å². The summed E-state index contributed by atoms with van der Waals surface area (Å²) in [5.41, 5.74) is 3.25. The number of fused-ring (bicyclic) bond motifs is 1. The molecule has 180 valence electrons. The van der Waals surface area contributed by atoms with E-state index in [2.05, 4.69) is 33.3 Å². The lowest BCUT2D eigenvalue weighted by atomic mass is 9.95. The Morgan fingerprint density at radius 2 is 1.94 bits per heavy atom. The molecule has 6 rings (SSSR count). The number of pyridine rings is 1. The normalized spacial score (nSPS) is 25.4. The molecule has 2 saturated heterocycles. The molecule has 0 radical (unpaired) electrons. The molecule has 0 amide bonds. The van der Waals surface area contributed by atoms with Gasteiger partial charge < -0.3 is 19.5 Å². The van der Waals surface area contributed by atoms with Crippen LogP contribution in [0.15, 0.2) is 16.7 Å². The SMILES string of the molecule is Cc1noc(-c2c(N3CC[C@@H](NC4CCOC4)C[C@H]3C)nc3c(F)cc(C4CC4)cc3c2C)n1. The van der Waals surface area contributed by atoms with Gasteiger partial charge in [-0.1, -0.05) is 5.16 Å². The number of anilines is 1. The van der Waals surface area contributed by atoms with Gasteiger partial charge in [0.1, 0.15) is 17.2 Å². The van der Waals surface area contributed by atoms with E-state index in [9.17, 15) is 0 Å². The van der Waals surface area contributed by atoms with Crippen molar-refractivity contribution in [3.8, 4) is 11.5 Å². The van der Waals surface area contributed by atoms with Gasteiger partial charge in [-0.05, 0) is 82.1 Å². The van der Waals surface area contributed by atoms with Gasteiger partial charge in [0.15, 0.2) is 5.82 Å². The highest BCUT2D eigenvalue weighted by Crippen LogP contribution is 2.44. The van der Waals surface area contributed by atoms with Crippen LogP contribution in [0.1, 0.15) is 61.9 Å². The first-order chi connectivity index (χ1) is 16.5. The summed E-state index contributed by atoms with van der Waals surface area (Å²) in [6.07, 6.45) is 5.30. The molecule has 1 unspecified atom stereocenters. The quantitative estimate of drug-likeness (QED) is 0.588. The van der Waals surface area contributed by atoms with E-state index in [1.54, 1.807) is 6.07 Å². The standard InChI is InChI=1S/C26H32FN5O2/c1-14-10-19(29-20-7-9-33-13-20)6-8-32(14)25-23(26-28-16(3)31-34-26)15(2)21-11-18(17-4-5-17)12-22(27)24(21)30-25/h11-12,14,17,19-20,29H,4-10,13H2,1-3H3/t14-,19-,20?/m1/s1. The highest BCUT2D eigenvalue weighted by atomic mass is 19.1. The van der Waals surface area contributed by atoms with Crippen molar-refractivity contribution in [2.45, 2.75) is 76.9 Å². The fourth-order valence-electron chi connectivity index (χ4n) is 5.64. The third-order valence-electron chi connectivity index (χ3n) is 7.65. The summed E-state index contributed by atoms with van der Waals surface area (Å²) >= 11 is 0. The van der Waals surface area contributed by atoms with Gasteiger partial charge in [-0.25, -0.2) is 9.37 Å². The Morgan fingerprint density at radius 3 is 2.62 bits per heavy atom. The third-order valence-corrected chi connectivity index (χ3v) is 7.65.